The summed E-state index contributed by atoms with van der Waals surface area (Å²) in [7, 11) is 0. The molecule has 0 bridgehead atoms. The summed E-state index contributed by atoms with van der Waals surface area (Å²) in [5.74, 6) is 1.06. The minimum absolute atomic E-state index is 0.344. The number of imidazole rings is 1. The van der Waals surface area contributed by atoms with Crippen molar-refractivity contribution < 1.29 is 4.92 Å². The minimum Gasteiger partial charge on any atom is -0.286 e. The molecule has 118 valence electrons. The summed E-state index contributed by atoms with van der Waals surface area (Å²) >= 11 is 0. The van der Waals surface area contributed by atoms with E-state index in [4.69, 9.17) is 0 Å². The Bertz CT molecular complexity index is 629. The van der Waals surface area contributed by atoms with Gasteiger partial charge in [-0.3, -0.25) is 20.0 Å². The highest BCUT2D eigenvalue weighted by Crippen LogP contribution is 2.20. The van der Waals surface area contributed by atoms with Crippen LogP contribution < -0.4 is 5.32 Å². The Kier molecular flexibility index (Phi) is 4.02. The third kappa shape index (κ3) is 2.78. The number of rotatable bonds is 3. The molecule has 2 unspecified atom stereocenters. The van der Waals surface area contributed by atoms with Crippen LogP contribution in [0.2, 0.25) is 0 Å². The van der Waals surface area contributed by atoms with Crippen molar-refractivity contribution in [2.45, 2.75) is 57.9 Å². The van der Waals surface area contributed by atoms with Gasteiger partial charge in [0.05, 0.1) is 5.71 Å². The molecule has 2 atom stereocenters. The molecule has 1 N–H and O–H groups in total. The van der Waals surface area contributed by atoms with Crippen LogP contribution in [0.5, 0.6) is 0 Å². The molecule has 1 saturated carbocycles. The highest BCUT2D eigenvalue weighted by Gasteiger charge is 2.37. The molecule has 2 heterocycles. The molecule has 1 aromatic heterocycles. The second-order valence-corrected chi connectivity index (χ2v) is 5.81. The lowest BCUT2D eigenvalue weighted by atomic mass is 10.1. The summed E-state index contributed by atoms with van der Waals surface area (Å²) in [6.45, 7) is 3.50. The van der Waals surface area contributed by atoms with Crippen molar-refractivity contribution in [3.05, 3.63) is 28.3 Å². The maximum Gasteiger partial charge on any atom is 0.307 e. The van der Waals surface area contributed by atoms with E-state index in [1.165, 1.54) is 12.8 Å². The predicted molar refractivity (Wildman–Crippen MR) is 82.9 cm³/mol. The van der Waals surface area contributed by atoms with Crippen LogP contribution in [0, 0.1) is 17.0 Å². The zero-order chi connectivity index (χ0) is 15.7. The zero-order valence-electron chi connectivity index (χ0n) is 12.8. The monoisotopic (exact) mass is 304 g/mol. The van der Waals surface area contributed by atoms with Gasteiger partial charge in [-0.25, -0.2) is 15.0 Å². The van der Waals surface area contributed by atoms with Gasteiger partial charge in [0.1, 0.15) is 5.82 Å². The van der Waals surface area contributed by atoms with E-state index in [0.29, 0.717) is 23.4 Å². The first-order chi connectivity index (χ1) is 10.6. The average Bonchev–Trinajstić information content (AvgIpc) is 3.09. The number of nitrogens with zero attached hydrogens (tertiary/aromatic N) is 5. The van der Waals surface area contributed by atoms with Gasteiger partial charge in [-0.1, -0.05) is 12.8 Å². The number of aliphatic imine (C=N–C) groups is 2. The molecule has 1 aromatic rings. The van der Waals surface area contributed by atoms with Gasteiger partial charge in [0.2, 0.25) is 0 Å². The minimum atomic E-state index is -1.02. The van der Waals surface area contributed by atoms with Gasteiger partial charge in [-0.15, -0.1) is 0 Å². The highest BCUT2D eigenvalue weighted by molar-refractivity contribution is 6.10. The maximum absolute atomic E-state index is 11.4. The van der Waals surface area contributed by atoms with E-state index in [0.717, 1.165) is 12.8 Å². The second kappa shape index (κ2) is 5.96. The molecule has 1 fully saturated rings. The first-order valence-corrected chi connectivity index (χ1v) is 7.58. The molecule has 2 aliphatic rings. The van der Waals surface area contributed by atoms with E-state index in [1.807, 2.05) is 0 Å². The predicted octanol–water partition coefficient (Wildman–Crippen LogP) is 1.37. The normalized spacial score (nSPS) is 25.9. The number of nitrogens with one attached hydrogen (secondary N) is 1. The number of hydrogen-bond donors (Lipinski definition) is 1. The second-order valence-electron chi connectivity index (χ2n) is 5.81. The smallest absolute Gasteiger partial charge is 0.286 e. The summed E-state index contributed by atoms with van der Waals surface area (Å²) in [5.41, 5.74) is 0.471. The Morgan fingerprint density at radius 3 is 2.64 bits per heavy atom. The third-order valence-corrected chi connectivity index (χ3v) is 4.24. The van der Waals surface area contributed by atoms with Crippen molar-refractivity contribution in [3.63, 3.8) is 0 Å². The average molecular weight is 304 g/mol. The van der Waals surface area contributed by atoms with Gasteiger partial charge in [-0.2, -0.15) is 0 Å². The number of aryl methyl sites for hydroxylation is 1. The van der Waals surface area contributed by atoms with Gasteiger partial charge in [0.15, 0.2) is 12.1 Å². The van der Waals surface area contributed by atoms with E-state index in [9.17, 15) is 10.1 Å². The lowest BCUT2D eigenvalue weighted by Gasteiger charge is -2.24. The molecule has 3 rings (SSSR count). The van der Waals surface area contributed by atoms with Crippen LogP contribution in [0.1, 0.15) is 38.4 Å². The largest absolute Gasteiger partial charge is 0.307 e. The van der Waals surface area contributed by atoms with E-state index < -0.39 is 12.3 Å². The van der Waals surface area contributed by atoms with Crippen LogP contribution in [-0.4, -0.2) is 44.4 Å². The van der Waals surface area contributed by atoms with E-state index in [2.05, 4.69) is 20.3 Å². The van der Waals surface area contributed by atoms with Gasteiger partial charge in [0, 0.05) is 23.4 Å². The first-order valence-electron chi connectivity index (χ1n) is 7.58. The summed E-state index contributed by atoms with van der Waals surface area (Å²) in [5, 5.41) is 14.8. The van der Waals surface area contributed by atoms with Crippen molar-refractivity contribution in [3.8, 4) is 0 Å². The quantitative estimate of drug-likeness (QED) is 0.673. The fourth-order valence-corrected chi connectivity index (χ4v) is 3.11. The lowest BCUT2D eigenvalue weighted by molar-refractivity contribution is -0.485. The van der Waals surface area contributed by atoms with Crippen LogP contribution in [-0.2, 0) is 0 Å². The van der Waals surface area contributed by atoms with Crippen LogP contribution in [0.25, 0.3) is 0 Å². The van der Waals surface area contributed by atoms with Gasteiger partial charge >= 0.3 is 6.04 Å². The molecule has 8 nitrogen and oxygen atoms in total. The standard InChI is InChI=1S/C14H20N6O2/c1-9-12(20(21)22)13(19-8-7-15-10(19)2)18-14(16-9)17-11-5-3-4-6-11/h7-8,11-12,14,17H,3-6H2,1-2H3. The summed E-state index contributed by atoms with van der Waals surface area (Å²) < 4.78 is 1.68. The molecule has 0 saturated heterocycles. The van der Waals surface area contributed by atoms with Crippen LogP contribution in [0.3, 0.4) is 0 Å². The molecule has 0 radical (unpaired) electrons. The third-order valence-electron chi connectivity index (χ3n) is 4.24. The number of aromatic nitrogens is 2. The topological polar surface area (TPSA) is 97.7 Å². The Balaban J connectivity index is 1.91. The van der Waals surface area contributed by atoms with Gasteiger partial charge in [0.25, 0.3) is 0 Å². The molecule has 0 spiro atoms. The molecule has 22 heavy (non-hydrogen) atoms. The van der Waals surface area contributed by atoms with Crippen molar-refractivity contribution >= 4 is 11.5 Å². The van der Waals surface area contributed by atoms with Crippen LogP contribution >= 0.6 is 0 Å². The van der Waals surface area contributed by atoms with Crippen molar-refractivity contribution in [2.24, 2.45) is 9.98 Å². The van der Waals surface area contributed by atoms with Crippen molar-refractivity contribution in [2.75, 3.05) is 0 Å². The van der Waals surface area contributed by atoms with Crippen LogP contribution in [0.4, 0.5) is 0 Å². The molecule has 8 heteroatoms. The Morgan fingerprint density at radius 2 is 2.05 bits per heavy atom. The Labute approximate surface area is 128 Å². The number of nitro groups is 1. The van der Waals surface area contributed by atoms with Gasteiger partial charge in [-0.05, 0) is 26.7 Å². The molecule has 0 amide bonds. The highest BCUT2D eigenvalue weighted by atomic mass is 16.6. The summed E-state index contributed by atoms with van der Waals surface area (Å²) in [6.07, 6.45) is 7.52. The molecular formula is C14H20N6O2. The van der Waals surface area contributed by atoms with Gasteiger partial charge < -0.3 is 0 Å². The zero-order valence-corrected chi connectivity index (χ0v) is 12.8. The number of hydrogen-bond acceptors (Lipinski definition) is 6. The van der Waals surface area contributed by atoms with Crippen molar-refractivity contribution in [1.29, 1.82) is 0 Å². The van der Waals surface area contributed by atoms with E-state index >= 15 is 0 Å². The van der Waals surface area contributed by atoms with E-state index in [1.54, 1.807) is 30.8 Å². The molecule has 1 aliphatic carbocycles. The van der Waals surface area contributed by atoms with Crippen molar-refractivity contribution in [1.82, 2.24) is 14.9 Å². The summed E-state index contributed by atoms with van der Waals surface area (Å²) in [6, 6.07) is -0.628. The van der Waals surface area contributed by atoms with E-state index in [-0.39, 0.29) is 4.92 Å². The Hall–Kier alpha value is -2.09. The maximum atomic E-state index is 11.4. The fourth-order valence-electron chi connectivity index (χ4n) is 3.11. The lowest BCUT2D eigenvalue weighted by Crippen LogP contribution is -2.47. The summed E-state index contributed by atoms with van der Waals surface area (Å²) in [4.78, 5) is 24.1. The molecule has 0 aromatic carbocycles. The first kappa shape index (κ1) is 14.8. The van der Waals surface area contributed by atoms with Crippen LogP contribution in [0.15, 0.2) is 22.4 Å². The SMILES string of the molecule is CC1=NC(NC2CCCC2)N=C(n2ccnc2C)C1[N+](=O)[O-]. The fraction of sp³-hybridized carbons (Fsp3) is 0.643. The molecular weight excluding hydrogens is 284 g/mol. The molecule has 1 aliphatic heterocycles. The Morgan fingerprint density at radius 1 is 1.32 bits per heavy atom.